The number of rotatable bonds is 10. The summed E-state index contributed by atoms with van der Waals surface area (Å²) in [5.74, 6) is -2.01. The van der Waals surface area contributed by atoms with E-state index in [1.807, 2.05) is 55.7 Å². The van der Waals surface area contributed by atoms with Crippen LogP contribution in [0, 0.1) is 11.6 Å². The van der Waals surface area contributed by atoms with Crippen LogP contribution in [-0.2, 0) is 28.2 Å². The molecule has 8 nitrogen and oxygen atoms in total. The Balaban J connectivity index is 1.50. The van der Waals surface area contributed by atoms with E-state index in [0.717, 1.165) is 11.6 Å². The van der Waals surface area contributed by atoms with E-state index >= 15 is 0 Å². The summed E-state index contributed by atoms with van der Waals surface area (Å²) in [6.45, 7) is 14.3. The second kappa shape index (κ2) is 13.6. The summed E-state index contributed by atoms with van der Waals surface area (Å²) in [6, 6.07) is 12.9. The van der Waals surface area contributed by atoms with Gasteiger partial charge in [0.2, 0.25) is 5.43 Å². The first kappa shape index (κ1) is 34.7. The number of halogens is 2. The quantitative estimate of drug-likeness (QED) is 0.165. The molecule has 0 bridgehead atoms. The van der Waals surface area contributed by atoms with Gasteiger partial charge in [-0.1, -0.05) is 55.1 Å². The molecule has 50 heavy (non-hydrogen) atoms. The van der Waals surface area contributed by atoms with Gasteiger partial charge in [0.15, 0.2) is 5.75 Å². The van der Waals surface area contributed by atoms with Crippen LogP contribution in [0.5, 0.6) is 5.75 Å². The smallest absolute Gasteiger partial charge is 0.261 e. The van der Waals surface area contributed by atoms with Crippen molar-refractivity contribution in [3.05, 3.63) is 134 Å². The largest absolute Gasteiger partial charge is 0.483 e. The number of carbonyl (C=O) groups is 2. The van der Waals surface area contributed by atoms with Crippen LogP contribution in [-0.4, -0.2) is 50.3 Å². The van der Waals surface area contributed by atoms with Crippen molar-refractivity contribution in [2.45, 2.75) is 59.2 Å². The molecule has 2 aromatic heterocycles. The van der Waals surface area contributed by atoms with Gasteiger partial charge in [-0.25, -0.2) is 13.8 Å². The van der Waals surface area contributed by atoms with Crippen molar-refractivity contribution >= 4 is 28.8 Å². The summed E-state index contributed by atoms with van der Waals surface area (Å²) in [6.07, 6.45) is 6.82. The van der Waals surface area contributed by atoms with Gasteiger partial charge in [-0.2, -0.15) is 0 Å². The molecule has 2 amide bonds. The molecule has 2 aliphatic heterocycles. The molecule has 1 unspecified atom stereocenters. The summed E-state index contributed by atoms with van der Waals surface area (Å²) in [4.78, 5) is 50.2. The van der Waals surface area contributed by atoms with Crippen molar-refractivity contribution < 1.29 is 23.1 Å². The number of hydrogen-bond donors (Lipinski definition) is 0. The number of fused-ring (bicyclic) bond motifs is 1. The molecule has 0 saturated heterocycles. The average Bonchev–Trinajstić information content (AvgIpc) is 3.62. The first-order valence-electron chi connectivity index (χ1n) is 16.3. The number of pyridine rings is 1. The van der Waals surface area contributed by atoms with Gasteiger partial charge in [0.05, 0.1) is 23.3 Å². The highest BCUT2D eigenvalue weighted by atomic mass is 32.1. The lowest BCUT2D eigenvalue weighted by Crippen LogP contribution is -2.56. The van der Waals surface area contributed by atoms with Gasteiger partial charge in [-0.3, -0.25) is 19.3 Å². The van der Waals surface area contributed by atoms with Gasteiger partial charge >= 0.3 is 0 Å². The molecule has 0 radical (unpaired) electrons. The molecule has 0 saturated carbocycles. The van der Waals surface area contributed by atoms with Crippen molar-refractivity contribution in [3.8, 4) is 16.3 Å². The van der Waals surface area contributed by atoms with Crippen LogP contribution in [0.25, 0.3) is 16.3 Å². The molecule has 0 aliphatic carbocycles. The minimum Gasteiger partial charge on any atom is -0.483 e. The van der Waals surface area contributed by atoms with E-state index in [1.54, 1.807) is 38.4 Å². The van der Waals surface area contributed by atoms with Crippen molar-refractivity contribution in [2.24, 2.45) is 0 Å². The van der Waals surface area contributed by atoms with Crippen molar-refractivity contribution in [2.75, 3.05) is 13.1 Å². The highest BCUT2D eigenvalue weighted by molar-refractivity contribution is 7.15. The number of nitrogens with zero attached hydrogens (tertiary/aromatic N) is 4. The van der Waals surface area contributed by atoms with Crippen LogP contribution < -0.4 is 10.2 Å². The number of carbonyl (C=O) groups excluding carboxylic acids is 2. The zero-order valence-corrected chi connectivity index (χ0v) is 29.4. The lowest BCUT2D eigenvalue weighted by atomic mass is 9.92. The number of thiazole rings is 1. The van der Waals surface area contributed by atoms with Crippen LogP contribution in [0.15, 0.2) is 95.6 Å². The number of imide groups is 1. The van der Waals surface area contributed by atoms with Crippen LogP contribution in [0.4, 0.5) is 8.78 Å². The predicted octanol–water partition coefficient (Wildman–Crippen LogP) is 7.09. The molecule has 1 atom stereocenters. The molecule has 6 rings (SSSR count). The Morgan fingerprint density at radius 2 is 1.84 bits per heavy atom. The fourth-order valence-corrected chi connectivity index (χ4v) is 7.47. The van der Waals surface area contributed by atoms with E-state index in [0.29, 0.717) is 44.5 Å². The molecule has 0 N–H and O–H groups in total. The number of ether oxygens (including phenoxy) is 1. The van der Waals surface area contributed by atoms with Crippen LogP contribution >= 0.6 is 11.3 Å². The SMILES string of the molecule is C=C1c2c(OCc3ccccc3)c(=O)c(-c3ncc(Cc4ccc(F)cc4F)s3)cn2C(C)(CN2C(=O)C(C)=C(/C=C\C)C2=O)CN1C(C)C. The van der Waals surface area contributed by atoms with Crippen molar-refractivity contribution in [1.29, 1.82) is 0 Å². The Bertz CT molecular complexity index is 2130. The highest BCUT2D eigenvalue weighted by Gasteiger charge is 2.45. The third-order valence-electron chi connectivity index (χ3n) is 9.17. The molecular weight excluding hydrogens is 659 g/mol. The lowest BCUT2D eigenvalue weighted by molar-refractivity contribution is -0.139. The number of aromatic nitrogens is 2. The summed E-state index contributed by atoms with van der Waals surface area (Å²) in [5, 5.41) is 0.382. The van der Waals surface area contributed by atoms with E-state index in [-0.39, 0.29) is 48.7 Å². The van der Waals surface area contributed by atoms with Crippen molar-refractivity contribution in [1.82, 2.24) is 19.4 Å². The van der Waals surface area contributed by atoms with E-state index < -0.39 is 22.6 Å². The Hall–Kier alpha value is -5.16. The predicted molar refractivity (Wildman–Crippen MR) is 191 cm³/mol. The fraction of sp³-hybridized carbons (Fsp3) is 0.282. The van der Waals surface area contributed by atoms with Crippen LogP contribution in [0.1, 0.15) is 56.3 Å². The normalized spacial score (nSPS) is 17.9. The summed E-state index contributed by atoms with van der Waals surface area (Å²) in [5.41, 5.74) is 1.78. The standard InChI is InChI=1S/C39H38F2N4O4S/c1-7-11-30-24(4)37(47)44(38(30)48)22-39(6)21-43(23(2)3)25(5)33-35(49-20-26-12-9-8-10-13-26)34(46)31(19-45(33)39)36-42-18-29(50-36)16-27-14-15-28(40)17-32(27)41/h7-15,17-19,23H,5,16,20-22H2,1-4,6H3/b11-7-. The molecule has 2 aromatic carbocycles. The molecule has 11 heteroatoms. The number of amides is 2. The summed E-state index contributed by atoms with van der Waals surface area (Å²) in [7, 11) is 0. The Kier molecular flexibility index (Phi) is 9.46. The Labute approximate surface area is 293 Å². The molecule has 0 fully saturated rings. The number of hydrogen-bond acceptors (Lipinski definition) is 7. The van der Waals surface area contributed by atoms with Gasteiger partial charge in [0.1, 0.15) is 28.9 Å². The zero-order valence-electron chi connectivity index (χ0n) is 28.6. The van der Waals surface area contributed by atoms with Gasteiger partial charge in [0, 0.05) is 53.5 Å². The van der Waals surface area contributed by atoms with E-state index in [1.165, 1.54) is 28.4 Å². The Morgan fingerprint density at radius 3 is 2.52 bits per heavy atom. The second-order valence-corrected chi connectivity index (χ2v) is 14.3. The monoisotopic (exact) mass is 696 g/mol. The van der Waals surface area contributed by atoms with E-state index in [4.69, 9.17) is 4.74 Å². The molecule has 258 valence electrons. The highest BCUT2D eigenvalue weighted by Crippen LogP contribution is 2.41. The third kappa shape index (κ3) is 6.33. The lowest BCUT2D eigenvalue weighted by Gasteiger charge is -2.48. The van der Waals surface area contributed by atoms with Crippen LogP contribution in [0.3, 0.4) is 0 Å². The molecule has 4 aromatic rings. The van der Waals surface area contributed by atoms with E-state index in [9.17, 15) is 23.2 Å². The maximum atomic E-state index is 14.5. The minimum atomic E-state index is -0.942. The average molecular weight is 697 g/mol. The number of benzene rings is 2. The maximum Gasteiger partial charge on any atom is 0.261 e. The first-order valence-corrected chi connectivity index (χ1v) is 17.2. The van der Waals surface area contributed by atoms with Gasteiger partial charge in [-0.05, 0) is 51.8 Å². The number of allylic oxidation sites excluding steroid dienone is 1. The fourth-order valence-electron chi connectivity index (χ4n) is 6.53. The van der Waals surface area contributed by atoms with Gasteiger partial charge in [0.25, 0.3) is 11.8 Å². The van der Waals surface area contributed by atoms with Crippen LogP contribution in [0.2, 0.25) is 0 Å². The summed E-state index contributed by atoms with van der Waals surface area (Å²) < 4.78 is 36.4. The molecule has 2 aliphatic rings. The molecule has 0 spiro atoms. The molecular formula is C39H38F2N4O4S. The maximum absolute atomic E-state index is 14.5. The summed E-state index contributed by atoms with van der Waals surface area (Å²) >= 11 is 1.22. The van der Waals surface area contributed by atoms with Crippen molar-refractivity contribution in [3.63, 3.8) is 0 Å². The first-order chi connectivity index (χ1) is 23.8. The Morgan fingerprint density at radius 1 is 1.10 bits per heavy atom. The second-order valence-electron chi connectivity index (χ2n) is 13.1. The topological polar surface area (TPSA) is 84.7 Å². The van der Waals surface area contributed by atoms with Gasteiger partial charge < -0.3 is 14.2 Å². The zero-order chi connectivity index (χ0) is 35.9. The molecule has 4 heterocycles. The van der Waals surface area contributed by atoms with E-state index in [2.05, 4.69) is 16.5 Å². The van der Waals surface area contributed by atoms with Gasteiger partial charge in [-0.15, -0.1) is 11.3 Å². The third-order valence-corrected chi connectivity index (χ3v) is 10.2. The minimum absolute atomic E-state index is 0.0138.